The van der Waals surface area contributed by atoms with Crippen molar-refractivity contribution in [2.75, 3.05) is 13.1 Å². The molecule has 2 N–H and O–H groups in total. The highest BCUT2D eigenvalue weighted by molar-refractivity contribution is 5.99. The summed E-state index contributed by atoms with van der Waals surface area (Å²) in [5, 5.41) is 11.0. The van der Waals surface area contributed by atoms with E-state index in [0.29, 0.717) is 17.8 Å². The number of aryl methyl sites for hydroxylation is 1. The average molecular weight is 457 g/mol. The van der Waals surface area contributed by atoms with Crippen molar-refractivity contribution in [2.24, 2.45) is 0 Å². The van der Waals surface area contributed by atoms with E-state index < -0.39 is 6.09 Å². The highest BCUT2D eigenvalue weighted by atomic mass is 16.6. The lowest BCUT2D eigenvalue weighted by Gasteiger charge is -2.11. The Labute approximate surface area is 196 Å². The third-order valence-corrected chi connectivity index (χ3v) is 5.71. The van der Waals surface area contributed by atoms with Crippen LogP contribution in [0.4, 0.5) is 4.79 Å². The average Bonchev–Trinajstić information content (AvgIpc) is 3.43. The Morgan fingerprint density at radius 2 is 1.94 bits per heavy atom. The first-order chi connectivity index (χ1) is 16.6. The minimum atomic E-state index is -0.590. The normalized spacial score (nSPS) is 12.4. The van der Waals surface area contributed by atoms with Gasteiger partial charge in [-0.1, -0.05) is 6.07 Å². The molecule has 34 heavy (non-hydrogen) atoms. The van der Waals surface area contributed by atoms with Crippen molar-refractivity contribution >= 4 is 22.9 Å². The van der Waals surface area contributed by atoms with Gasteiger partial charge in [-0.3, -0.25) is 19.4 Å². The van der Waals surface area contributed by atoms with Crippen molar-refractivity contribution in [3.05, 3.63) is 60.6 Å². The molecule has 0 radical (unpaired) electrons. The fourth-order valence-corrected chi connectivity index (χ4v) is 4.25. The molecular weight excluding hydrogens is 432 g/mol. The highest BCUT2D eigenvalue weighted by Crippen LogP contribution is 2.40. The van der Waals surface area contributed by atoms with Crippen molar-refractivity contribution in [1.29, 1.82) is 0 Å². The lowest BCUT2D eigenvalue weighted by Crippen LogP contribution is -2.35. The summed E-state index contributed by atoms with van der Waals surface area (Å²) in [6.45, 7) is 2.93. The molecule has 0 spiro atoms. The molecule has 0 fully saturated rings. The smallest absolute Gasteiger partial charge is 0.410 e. The molecule has 3 aromatic heterocycles. The van der Waals surface area contributed by atoms with Crippen LogP contribution in [0.5, 0.6) is 5.75 Å². The number of carbonyl (C=O) groups is 2. The van der Waals surface area contributed by atoms with Gasteiger partial charge in [0.1, 0.15) is 11.4 Å². The largest absolute Gasteiger partial charge is 0.412 e. The van der Waals surface area contributed by atoms with Gasteiger partial charge >= 0.3 is 6.09 Å². The topological polar surface area (TPSA) is 111 Å². The molecule has 9 heteroatoms. The molecule has 4 heterocycles. The predicted octanol–water partition coefficient (Wildman–Crippen LogP) is 3.33. The lowest BCUT2D eigenvalue weighted by atomic mass is 9.96. The Morgan fingerprint density at radius 1 is 1.06 bits per heavy atom. The zero-order valence-electron chi connectivity index (χ0n) is 18.7. The summed E-state index contributed by atoms with van der Waals surface area (Å²) < 4.78 is 7.48. The van der Waals surface area contributed by atoms with Crippen LogP contribution in [0.25, 0.3) is 33.4 Å². The Balaban J connectivity index is 1.45. The minimum Gasteiger partial charge on any atom is -0.410 e. The molecule has 0 saturated carbocycles. The lowest BCUT2D eigenvalue weighted by molar-refractivity contribution is -0.118. The van der Waals surface area contributed by atoms with Crippen LogP contribution >= 0.6 is 0 Å². The zero-order chi connectivity index (χ0) is 23.5. The molecule has 172 valence electrons. The van der Waals surface area contributed by atoms with Crippen molar-refractivity contribution in [3.63, 3.8) is 0 Å². The molecule has 1 aromatic carbocycles. The number of benzene rings is 1. The number of hydrogen-bond donors (Lipinski definition) is 2. The quantitative estimate of drug-likeness (QED) is 0.431. The van der Waals surface area contributed by atoms with Crippen LogP contribution in [0.2, 0.25) is 0 Å². The molecule has 1 aliphatic heterocycles. The first-order valence-corrected chi connectivity index (χ1v) is 11.2. The minimum absolute atomic E-state index is 0.151. The van der Waals surface area contributed by atoms with E-state index in [1.807, 2.05) is 30.3 Å². The Hall–Kier alpha value is -4.27. The van der Waals surface area contributed by atoms with Crippen molar-refractivity contribution in [1.82, 2.24) is 30.4 Å². The molecule has 0 bridgehead atoms. The van der Waals surface area contributed by atoms with Gasteiger partial charge in [0.25, 0.3) is 0 Å². The van der Waals surface area contributed by atoms with Gasteiger partial charge in [-0.25, -0.2) is 4.79 Å². The SMILES string of the molecule is CC(=O)NCCNC(=O)Oc1ccc2c(-c3c(-c4ccccn4)nn4c3CCC4)ccnc2c1. The summed E-state index contributed by atoms with van der Waals surface area (Å²) in [7, 11) is 0. The van der Waals surface area contributed by atoms with Crippen LogP contribution in [-0.2, 0) is 17.8 Å². The van der Waals surface area contributed by atoms with Gasteiger partial charge in [0.15, 0.2) is 0 Å². The maximum Gasteiger partial charge on any atom is 0.412 e. The van der Waals surface area contributed by atoms with Gasteiger partial charge in [-0.05, 0) is 48.7 Å². The molecule has 2 amide bonds. The summed E-state index contributed by atoms with van der Waals surface area (Å²) >= 11 is 0. The Kier molecular flexibility index (Phi) is 5.90. The van der Waals surface area contributed by atoms with E-state index in [0.717, 1.165) is 47.3 Å². The number of fused-ring (bicyclic) bond motifs is 2. The van der Waals surface area contributed by atoms with Gasteiger partial charge in [-0.2, -0.15) is 5.10 Å². The van der Waals surface area contributed by atoms with Crippen molar-refractivity contribution < 1.29 is 14.3 Å². The molecule has 0 saturated heterocycles. The highest BCUT2D eigenvalue weighted by Gasteiger charge is 2.25. The number of pyridine rings is 2. The second kappa shape index (κ2) is 9.30. The molecule has 0 aliphatic carbocycles. The number of ether oxygens (including phenoxy) is 1. The van der Waals surface area contributed by atoms with Gasteiger partial charge in [0.2, 0.25) is 5.91 Å². The van der Waals surface area contributed by atoms with Gasteiger partial charge in [0, 0.05) is 61.7 Å². The van der Waals surface area contributed by atoms with E-state index in [2.05, 4.69) is 25.3 Å². The molecule has 0 atom stereocenters. The van der Waals surface area contributed by atoms with Crippen molar-refractivity contribution in [3.8, 4) is 28.3 Å². The second-order valence-corrected chi connectivity index (χ2v) is 8.05. The maximum absolute atomic E-state index is 12.1. The van der Waals surface area contributed by atoms with E-state index >= 15 is 0 Å². The molecule has 1 aliphatic rings. The number of nitrogens with one attached hydrogen (secondary N) is 2. The van der Waals surface area contributed by atoms with E-state index in [9.17, 15) is 9.59 Å². The number of rotatable bonds is 6. The van der Waals surface area contributed by atoms with Crippen LogP contribution in [0.15, 0.2) is 54.9 Å². The van der Waals surface area contributed by atoms with Crippen LogP contribution < -0.4 is 15.4 Å². The summed E-state index contributed by atoms with van der Waals surface area (Å²) in [6.07, 6.45) is 4.97. The number of aromatic nitrogens is 4. The Morgan fingerprint density at radius 3 is 2.76 bits per heavy atom. The van der Waals surface area contributed by atoms with E-state index in [1.54, 1.807) is 24.5 Å². The molecule has 4 aromatic rings. The van der Waals surface area contributed by atoms with Gasteiger partial charge < -0.3 is 15.4 Å². The predicted molar refractivity (Wildman–Crippen MR) is 127 cm³/mol. The molecule has 5 rings (SSSR count). The zero-order valence-corrected chi connectivity index (χ0v) is 18.7. The fourth-order valence-electron chi connectivity index (χ4n) is 4.25. The maximum atomic E-state index is 12.1. The van der Waals surface area contributed by atoms with E-state index in [4.69, 9.17) is 9.84 Å². The van der Waals surface area contributed by atoms with Crippen molar-refractivity contribution in [2.45, 2.75) is 26.3 Å². The first-order valence-electron chi connectivity index (χ1n) is 11.2. The Bertz CT molecular complexity index is 1370. The number of amides is 2. The van der Waals surface area contributed by atoms with E-state index in [-0.39, 0.29) is 12.5 Å². The summed E-state index contributed by atoms with van der Waals surface area (Å²) in [5.74, 6) is 0.237. The number of carbonyl (C=O) groups excluding carboxylic acids is 2. The van der Waals surface area contributed by atoms with Gasteiger partial charge in [0.05, 0.1) is 11.2 Å². The second-order valence-electron chi connectivity index (χ2n) is 8.05. The third-order valence-electron chi connectivity index (χ3n) is 5.71. The number of hydrogen-bond acceptors (Lipinski definition) is 6. The summed E-state index contributed by atoms with van der Waals surface area (Å²) in [6, 6.07) is 13.3. The van der Waals surface area contributed by atoms with Crippen LogP contribution in [-0.4, -0.2) is 44.8 Å². The number of nitrogens with zero attached hydrogens (tertiary/aromatic N) is 4. The monoisotopic (exact) mass is 456 g/mol. The van der Waals surface area contributed by atoms with E-state index in [1.165, 1.54) is 12.6 Å². The third kappa shape index (κ3) is 4.32. The summed E-state index contributed by atoms with van der Waals surface area (Å²) in [5.41, 5.74) is 5.72. The van der Waals surface area contributed by atoms with Crippen LogP contribution in [0.3, 0.4) is 0 Å². The fraction of sp³-hybridized carbons (Fsp3) is 0.240. The first kappa shape index (κ1) is 21.6. The standard InChI is InChI=1S/C25H24N6O3/c1-16(32)26-12-13-29-25(33)34-17-7-8-18-19(9-11-28-21(18)15-17)23-22-6-4-14-31(22)30-24(23)20-5-2-3-10-27-20/h2-3,5,7-11,15H,4,6,12-14H2,1H3,(H,26,32)(H,29,33). The summed E-state index contributed by atoms with van der Waals surface area (Å²) in [4.78, 5) is 32.0. The molecular formula is C25H24N6O3. The molecule has 9 nitrogen and oxygen atoms in total. The van der Waals surface area contributed by atoms with Gasteiger partial charge in [-0.15, -0.1) is 0 Å². The van der Waals surface area contributed by atoms with Crippen LogP contribution in [0.1, 0.15) is 19.0 Å². The van der Waals surface area contributed by atoms with Crippen LogP contribution in [0, 0.1) is 0 Å². The molecule has 0 unspecified atom stereocenters.